The number of halogens is 1. The van der Waals surface area contributed by atoms with Crippen molar-refractivity contribution in [3.63, 3.8) is 0 Å². The van der Waals surface area contributed by atoms with Gasteiger partial charge in [0.1, 0.15) is 5.75 Å². The molecule has 1 N–H and O–H groups in total. The van der Waals surface area contributed by atoms with Gasteiger partial charge in [-0.2, -0.15) is 0 Å². The van der Waals surface area contributed by atoms with Gasteiger partial charge in [-0.1, -0.05) is 6.07 Å². The first-order chi connectivity index (χ1) is 12.3. The summed E-state index contributed by atoms with van der Waals surface area (Å²) in [6.07, 6.45) is -0.551. The van der Waals surface area contributed by atoms with E-state index in [1.165, 1.54) is 0 Å². The van der Waals surface area contributed by atoms with Crippen LogP contribution in [0.4, 0.5) is 0 Å². The van der Waals surface area contributed by atoms with Crippen LogP contribution < -0.4 is 10.1 Å². The molecule has 2 amide bonds. The molecular formula is C19H28BrN3O3. The molecule has 1 heterocycles. The van der Waals surface area contributed by atoms with E-state index in [9.17, 15) is 9.59 Å². The number of hydrogen-bond acceptors (Lipinski definition) is 4. The van der Waals surface area contributed by atoms with Crippen molar-refractivity contribution < 1.29 is 14.3 Å². The second kappa shape index (κ2) is 9.37. The average Bonchev–Trinajstić information content (AvgIpc) is 2.56. The number of carbonyl (C=O) groups is 2. The van der Waals surface area contributed by atoms with Gasteiger partial charge in [0.05, 0.1) is 11.0 Å². The van der Waals surface area contributed by atoms with Crippen LogP contribution in [-0.4, -0.2) is 66.5 Å². The minimum absolute atomic E-state index is 0.0243. The molecule has 1 aliphatic heterocycles. The SMILES string of the molecule is Cc1ccc(OC(C)C(=O)N2CCN(CC(=O)NC(C)C)CC2)c(Br)c1. The second-order valence-corrected chi connectivity index (χ2v) is 7.87. The fourth-order valence-corrected chi connectivity index (χ4v) is 3.48. The van der Waals surface area contributed by atoms with E-state index in [2.05, 4.69) is 26.1 Å². The Morgan fingerprint density at radius 3 is 2.42 bits per heavy atom. The molecule has 0 bridgehead atoms. The van der Waals surface area contributed by atoms with Crippen molar-refractivity contribution in [2.75, 3.05) is 32.7 Å². The normalized spacial score (nSPS) is 16.5. The average molecular weight is 426 g/mol. The number of carbonyl (C=O) groups excluding carboxylic acids is 2. The van der Waals surface area contributed by atoms with Gasteiger partial charge in [-0.3, -0.25) is 14.5 Å². The van der Waals surface area contributed by atoms with Crippen molar-refractivity contribution in [2.45, 2.75) is 39.8 Å². The highest BCUT2D eigenvalue weighted by molar-refractivity contribution is 9.10. The smallest absolute Gasteiger partial charge is 0.263 e. The highest BCUT2D eigenvalue weighted by atomic mass is 79.9. The minimum Gasteiger partial charge on any atom is -0.480 e. The van der Waals surface area contributed by atoms with Gasteiger partial charge in [0.25, 0.3) is 5.91 Å². The van der Waals surface area contributed by atoms with Gasteiger partial charge in [-0.15, -0.1) is 0 Å². The molecule has 1 aromatic rings. The first-order valence-electron chi connectivity index (χ1n) is 8.99. The van der Waals surface area contributed by atoms with Crippen molar-refractivity contribution >= 4 is 27.7 Å². The van der Waals surface area contributed by atoms with Crippen LogP contribution in [0.1, 0.15) is 26.3 Å². The van der Waals surface area contributed by atoms with E-state index in [0.29, 0.717) is 38.5 Å². The number of rotatable bonds is 6. The summed E-state index contributed by atoms with van der Waals surface area (Å²) >= 11 is 3.47. The fraction of sp³-hybridized carbons (Fsp3) is 0.579. The van der Waals surface area contributed by atoms with E-state index in [1.807, 2.05) is 43.9 Å². The third-order valence-electron chi connectivity index (χ3n) is 4.24. The van der Waals surface area contributed by atoms with Crippen LogP contribution in [-0.2, 0) is 9.59 Å². The summed E-state index contributed by atoms with van der Waals surface area (Å²) in [4.78, 5) is 28.4. The van der Waals surface area contributed by atoms with Gasteiger partial charge in [0.2, 0.25) is 5.91 Å². The Balaban J connectivity index is 1.82. The summed E-state index contributed by atoms with van der Waals surface area (Å²) in [7, 11) is 0. The monoisotopic (exact) mass is 425 g/mol. The number of hydrogen-bond donors (Lipinski definition) is 1. The standard InChI is InChI=1S/C19H28BrN3O3/c1-13(2)21-18(24)12-22-7-9-23(10-8-22)19(25)15(4)26-17-6-5-14(3)11-16(17)20/h5-6,11,13,15H,7-10,12H2,1-4H3,(H,21,24). The predicted octanol–water partition coefficient (Wildman–Crippen LogP) is 2.19. The number of amides is 2. The zero-order chi connectivity index (χ0) is 19.3. The zero-order valence-electron chi connectivity index (χ0n) is 15.9. The molecule has 1 aliphatic rings. The maximum Gasteiger partial charge on any atom is 0.263 e. The van der Waals surface area contributed by atoms with Crippen molar-refractivity contribution in [1.29, 1.82) is 0 Å². The van der Waals surface area contributed by atoms with Crippen LogP contribution in [0.25, 0.3) is 0 Å². The molecule has 1 aromatic carbocycles. The van der Waals surface area contributed by atoms with Gasteiger partial charge < -0.3 is 15.0 Å². The first-order valence-corrected chi connectivity index (χ1v) is 9.79. The van der Waals surface area contributed by atoms with E-state index in [0.717, 1.165) is 10.0 Å². The Bertz CT molecular complexity index is 643. The zero-order valence-corrected chi connectivity index (χ0v) is 17.5. The first kappa shape index (κ1) is 20.7. The number of nitrogens with one attached hydrogen (secondary N) is 1. The van der Waals surface area contributed by atoms with E-state index in [1.54, 1.807) is 6.92 Å². The Hall–Kier alpha value is -1.60. The van der Waals surface area contributed by atoms with Crippen LogP contribution in [0, 0.1) is 6.92 Å². The third-order valence-corrected chi connectivity index (χ3v) is 4.86. The lowest BCUT2D eigenvalue weighted by molar-refractivity contribution is -0.139. The predicted molar refractivity (Wildman–Crippen MR) is 105 cm³/mol. The van der Waals surface area contributed by atoms with Crippen LogP contribution in [0.2, 0.25) is 0 Å². The molecule has 0 aromatic heterocycles. The molecular weight excluding hydrogens is 398 g/mol. The van der Waals surface area contributed by atoms with Gasteiger partial charge in [0, 0.05) is 32.2 Å². The van der Waals surface area contributed by atoms with Crippen molar-refractivity contribution in [2.24, 2.45) is 0 Å². The summed E-state index contributed by atoms with van der Waals surface area (Å²) < 4.78 is 6.68. The maximum absolute atomic E-state index is 12.6. The molecule has 0 radical (unpaired) electrons. The van der Waals surface area contributed by atoms with Crippen molar-refractivity contribution in [3.05, 3.63) is 28.2 Å². The molecule has 7 heteroatoms. The minimum atomic E-state index is -0.551. The molecule has 0 saturated carbocycles. The number of aryl methyl sites for hydroxylation is 1. The third kappa shape index (κ3) is 5.99. The highest BCUT2D eigenvalue weighted by Gasteiger charge is 2.27. The Morgan fingerprint density at radius 1 is 1.19 bits per heavy atom. The topological polar surface area (TPSA) is 61.9 Å². The second-order valence-electron chi connectivity index (χ2n) is 7.02. The number of nitrogens with zero attached hydrogens (tertiary/aromatic N) is 2. The fourth-order valence-electron chi connectivity index (χ4n) is 2.90. The molecule has 1 atom stereocenters. The summed E-state index contributed by atoms with van der Waals surface area (Å²) in [5, 5.41) is 2.89. The van der Waals surface area contributed by atoms with Crippen molar-refractivity contribution in [3.8, 4) is 5.75 Å². The molecule has 0 spiro atoms. The largest absolute Gasteiger partial charge is 0.480 e. The van der Waals surface area contributed by atoms with Crippen LogP contribution >= 0.6 is 15.9 Å². The van der Waals surface area contributed by atoms with Crippen LogP contribution in [0.5, 0.6) is 5.75 Å². The van der Waals surface area contributed by atoms with Gasteiger partial charge >= 0.3 is 0 Å². The lowest BCUT2D eigenvalue weighted by Crippen LogP contribution is -2.53. The molecule has 2 rings (SSSR count). The quantitative estimate of drug-likeness (QED) is 0.758. The number of ether oxygens (including phenoxy) is 1. The van der Waals surface area contributed by atoms with E-state index >= 15 is 0 Å². The summed E-state index contributed by atoms with van der Waals surface area (Å²) in [5.41, 5.74) is 1.13. The Kier molecular flexibility index (Phi) is 7.46. The number of piperazine rings is 1. The van der Waals surface area contributed by atoms with Gasteiger partial charge in [0.15, 0.2) is 6.10 Å². The summed E-state index contributed by atoms with van der Waals surface area (Å²) in [5.74, 6) is 0.671. The molecule has 144 valence electrons. The molecule has 0 aliphatic carbocycles. The summed E-state index contributed by atoms with van der Waals surface area (Å²) in [6.45, 7) is 10.7. The molecule has 1 unspecified atom stereocenters. The van der Waals surface area contributed by atoms with E-state index in [4.69, 9.17) is 4.74 Å². The Labute approximate surface area is 164 Å². The molecule has 26 heavy (non-hydrogen) atoms. The maximum atomic E-state index is 12.6. The summed E-state index contributed by atoms with van der Waals surface area (Å²) in [6, 6.07) is 5.93. The number of benzene rings is 1. The van der Waals surface area contributed by atoms with E-state index in [-0.39, 0.29) is 17.9 Å². The molecule has 6 nitrogen and oxygen atoms in total. The lowest BCUT2D eigenvalue weighted by Gasteiger charge is -2.35. The highest BCUT2D eigenvalue weighted by Crippen LogP contribution is 2.27. The van der Waals surface area contributed by atoms with Crippen LogP contribution in [0.3, 0.4) is 0 Å². The Morgan fingerprint density at radius 2 is 1.85 bits per heavy atom. The van der Waals surface area contributed by atoms with Gasteiger partial charge in [-0.05, 0) is 61.3 Å². The van der Waals surface area contributed by atoms with Gasteiger partial charge in [-0.25, -0.2) is 0 Å². The van der Waals surface area contributed by atoms with E-state index < -0.39 is 6.10 Å². The molecule has 1 fully saturated rings. The lowest BCUT2D eigenvalue weighted by atomic mass is 10.2. The molecule has 1 saturated heterocycles. The van der Waals surface area contributed by atoms with Crippen molar-refractivity contribution in [1.82, 2.24) is 15.1 Å². The van der Waals surface area contributed by atoms with Crippen LogP contribution in [0.15, 0.2) is 22.7 Å².